The largest absolute Gasteiger partial charge is 0.298 e. The summed E-state index contributed by atoms with van der Waals surface area (Å²) in [6.45, 7) is 5.88. The summed E-state index contributed by atoms with van der Waals surface area (Å²) in [4.78, 5) is 11.3. The standard InChI is InChI=1S/C8H15NO3S/c1-6(10)7-8(2,3)4-5-9(7)13(11)12/h7H,4-5H2,1-3H3,(H,11,12). The first-order valence-corrected chi connectivity index (χ1v) is 5.30. The number of carbonyl (C=O) groups is 1. The molecule has 0 aromatic rings. The van der Waals surface area contributed by atoms with Crippen molar-refractivity contribution in [3.8, 4) is 0 Å². The van der Waals surface area contributed by atoms with Gasteiger partial charge in [-0.25, -0.2) is 4.21 Å². The fourth-order valence-corrected chi connectivity index (χ4v) is 2.84. The van der Waals surface area contributed by atoms with Gasteiger partial charge >= 0.3 is 0 Å². The smallest absolute Gasteiger partial charge is 0.235 e. The molecular weight excluding hydrogens is 190 g/mol. The molecule has 0 aromatic heterocycles. The zero-order valence-corrected chi connectivity index (χ0v) is 8.93. The fourth-order valence-electron chi connectivity index (χ4n) is 1.98. The van der Waals surface area contributed by atoms with Gasteiger partial charge in [0.25, 0.3) is 0 Å². The van der Waals surface area contributed by atoms with Crippen LogP contribution in [0, 0.1) is 5.41 Å². The van der Waals surface area contributed by atoms with Crippen molar-refractivity contribution in [2.45, 2.75) is 33.2 Å². The van der Waals surface area contributed by atoms with Crippen molar-refractivity contribution >= 4 is 17.0 Å². The van der Waals surface area contributed by atoms with Crippen molar-refractivity contribution in [1.82, 2.24) is 4.31 Å². The number of carbonyl (C=O) groups excluding carboxylic acids is 1. The normalized spacial score (nSPS) is 30.3. The summed E-state index contributed by atoms with van der Waals surface area (Å²) in [5, 5.41) is 0. The van der Waals surface area contributed by atoms with Crippen LogP contribution >= 0.6 is 0 Å². The average molecular weight is 205 g/mol. The van der Waals surface area contributed by atoms with E-state index < -0.39 is 17.3 Å². The second kappa shape index (κ2) is 3.48. The number of nitrogens with zero attached hydrogens (tertiary/aromatic N) is 1. The van der Waals surface area contributed by atoms with Crippen molar-refractivity contribution in [3.05, 3.63) is 0 Å². The third kappa shape index (κ3) is 1.98. The van der Waals surface area contributed by atoms with Gasteiger partial charge in [0.1, 0.15) is 5.78 Å². The molecule has 1 fully saturated rings. The highest BCUT2D eigenvalue weighted by molar-refractivity contribution is 7.76. The van der Waals surface area contributed by atoms with Gasteiger partial charge in [-0.05, 0) is 18.8 Å². The molecule has 0 radical (unpaired) electrons. The van der Waals surface area contributed by atoms with Gasteiger partial charge in [-0.1, -0.05) is 13.8 Å². The van der Waals surface area contributed by atoms with Crippen LogP contribution < -0.4 is 0 Å². The summed E-state index contributed by atoms with van der Waals surface area (Å²) < 4.78 is 21.2. The molecule has 2 atom stereocenters. The third-order valence-corrected chi connectivity index (χ3v) is 3.39. The summed E-state index contributed by atoms with van der Waals surface area (Å²) in [6, 6.07) is -0.418. The van der Waals surface area contributed by atoms with Crippen LogP contribution in [0.25, 0.3) is 0 Å². The Morgan fingerprint density at radius 3 is 2.46 bits per heavy atom. The molecule has 1 rings (SSSR count). The predicted molar refractivity (Wildman–Crippen MR) is 50.3 cm³/mol. The molecule has 1 heterocycles. The van der Waals surface area contributed by atoms with Gasteiger partial charge in [0.2, 0.25) is 11.3 Å². The lowest BCUT2D eigenvalue weighted by atomic mass is 9.83. The summed E-state index contributed by atoms with van der Waals surface area (Å²) in [5.41, 5.74) is -0.190. The van der Waals surface area contributed by atoms with Crippen LogP contribution in [0.3, 0.4) is 0 Å². The van der Waals surface area contributed by atoms with Crippen LogP contribution in [0.2, 0.25) is 0 Å². The first kappa shape index (κ1) is 10.8. The van der Waals surface area contributed by atoms with Gasteiger partial charge in [-0.15, -0.1) is 0 Å². The van der Waals surface area contributed by atoms with Crippen LogP contribution in [0.15, 0.2) is 0 Å². The number of Topliss-reactive ketones (excluding diaryl/α,β-unsaturated/α-hetero) is 1. The Balaban J connectivity index is 2.92. The van der Waals surface area contributed by atoms with Crippen molar-refractivity contribution in [2.24, 2.45) is 5.41 Å². The summed E-state index contributed by atoms with van der Waals surface area (Å²) in [6.07, 6.45) is 0.781. The first-order chi connectivity index (χ1) is 5.86. The van der Waals surface area contributed by atoms with E-state index in [0.29, 0.717) is 6.54 Å². The molecule has 1 aliphatic heterocycles. The molecule has 1 N–H and O–H groups in total. The Kier molecular flexibility index (Phi) is 2.89. The highest BCUT2D eigenvalue weighted by Gasteiger charge is 2.45. The Labute approximate surface area is 80.7 Å². The summed E-state index contributed by atoms with van der Waals surface area (Å²) in [5.74, 6) is -0.0371. The number of hydrogen-bond acceptors (Lipinski definition) is 2. The van der Waals surface area contributed by atoms with Gasteiger partial charge in [0.05, 0.1) is 6.04 Å². The van der Waals surface area contributed by atoms with Crippen LogP contribution in [-0.4, -0.2) is 31.4 Å². The predicted octanol–water partition coefficient (Wildman–Crippen LogP) is 0.813. The molecule has 0 aromatic carbocycles. The Hall–Kier alpha value is -0.260. The van der Waals surface area contributed by atoms with Crippen molar-refractivity contribution < 1.29 is 13.6 Å². The lowest BCUT2D eigenvalue weighted by Crippen LogP contribution is -2.42. The second-order valence-corrected chi connectivity index (χ2v) is 5.05. The molecule has 0 amide bonds. The van der Waals surface area contributed by atoms with E-state index in [0.717, 1.165) is 6.42 Å². The van der Waals surface area contributed by atoms with Gasteiger partial charge in [0, 0.05) is 6.54 Å². The highest BCUT2D eigenvalue weighted by atomic mass is 32.2. The van der Waals surface area contributed by atoms with E-state index in [1.165, 1.54) is 11.2 Å². The van der Waals surface area contributed by atoms with Gasteiger partial charge in [-0.2, -0.15) is 4.31 Å². The monoisotopic (exact) mass is 205 g/mol. The van der Waals surface area contributed by atoms with E-state index in [2.05, 4.69) is 0 Å². The molecule has 5 heteroatoms. The van der Waals surface area contributed by atoms with E-state index in [9.17, 15) is 9.00 Å². The van der Waals surface area contributed by atoms with E-state index >= 15 is 0 Å². The van der Waals surface area contributed by atoms with Gasteiger partial charge < -0.3 is 0 Å². The molecule has 0 spiro atoms. The maximum absolute atomic E-state index is 11.3. The van der Waals surface area contributed by atoms with Crippen LogP contribution in [0.4, 0.5) is 0 Å². The van der Waals surface area contributed by atoms with E-state index in [-0.39, 0.29) is 11.2 Å². The Morgan fingerprint density at radius 2 is 2.15 bits per heavy atom. The minimum atomic E-state index is -2.03. The minimum Gasteiger partial charge on any atom is -0.298 e. The Morgan fingerprint density at radius 1 is 1.62 bits per heavy atom. The van der Waals surface area contributed by atoms with Crippen LogP contribution in [0.5, 0.6) is 0 Å². The third-order valence-electron chi connectivity index (χ3n) is 2.59. The Bertz CT molecular complexity index is 252. The zero-order valence-electron chi connectivity index (χ0n) is 8.11. The van der Waals surface area contributed by atoms with Gasteiger partial charge in [-0.3, -0.25) is 9.35 Å². The zero-order chi connectivity index (χ0) is 10.2. The van der Waals surface area contributed by atoms with Gasteiger partial charge in [0.15, 0.2) is 0 Å². The highest BCUT2D eigenvalue weighted by Crippen LogP contribution is 2.36. The molecule has 1 aliphatic rings. The van der Waals surface area contributed by atoms with Crippen molar-refractivity contribution in [1.29, 1.82) is 0 Å². The number of hydrogen-bond donors (Lipinski definition) is 1. The second-order valence-electron chi connectivity index (χ2n) is 4.12. The number of ketones is 1. The van der Waals surface area contributed by atoms with Crippen molar-refractivity contribution in [3.63, 3.8) is 0 Å². The van der Waals surface area contributed by atoms with E-state index in [1.807, 2.05) is 13.8 Å². The molecule has 0 aliphatic carbocycles. The molecule has 2 unspecified atom stereocenters. The van der Waals surface area contributed by atoms with E-state index in [1.54, 1.807) is 0 Å². The SMILES string of the molecule is CC(=O)C1N(S(=O)O)CCC1(C)C. The lowest BCUT2D eigenvalue weighted by molar-refractivity contribution is -0.122. The molecule has 0 bridgehead atoms. The topological polar surface area (TPSA) is 57.6 Å². The molecule has 4 nitrogen and oxygen atoms in total. The minimum absolute atomic E-state index is 0.0371. The van der Waals surface area contributed by atoms with E-state index in [4.69, 9.17) is 4.55 Å². The lowest BCUT2D eigenvalue weighted by Gasteiger charge is -2.27. The number of rotatable bonds is 2. The molecule has 1 saturated heterocycles. The average Bonchev–Trinajstić information content (AvgIpc) is 2.24. The van der Waals surface area contributed by atoms with Crippen LogP contribution in [-0.2, 0) is 16.1 Å². The summed E-state index contributed by atoms with van der Waals surface area (Å²) >= 11 is -2.03. The molecule has 13 heavy (non-hydrogen) atoms. The molecule has 0 saturated carbocycles. The van der Waals surface area contributed by atoms with Crippen LogP contribution in [0.1, 0.15) is 27.2 Å². The maximum Gasteiger partial charge on any atom is 0.235 e. The first-order valence-electron chi connectivity index (χ1n) is 4.24. The fraction of sp³-hybridized carbons (Fsp3) is 0.875. The quantitative estimate of drug-likeness (QED) is 0.679. The molecule has 76 valence electrons. The summed E-state index contributed by atoms with van der Waals surface area (Å²) in [7, 11) is 0. The van der Waals surface area contributed by atoms with Crippen molar-refractivity contribution in [2.75, 3.05) is 6.54 Å². The maximum atomic E-state index is 11.3. The molecular formula is C8H15NO3S.